The zero-order chi connectivity index (χ0) is 59.7. The molecule has 2 aromatic heterocycles. The number of unbranched alkanes of at least 4 members (excludes halogenated alkanes) is 3. The molecular weight excluding hydrogens is 1090 g/mol. The lowest BCUT2D eigenvalue weighted by Crippen LogP contribution is -2.38. The second-order valence-electron chi connectivity index (χ2n) is 17.9. The van der Waals surface area contributed by atoms with Crippen molar-refractivity contribution in [1.82, 2.24) is 20.3 Å². The van der Waals surface area contributed by atoms with Crippen LogP contribution in [0.15, 0.2) is 107 Å². The predicted octanol–water partition coefficient (Wildman–Crippen LogP) is 7.71. The molecule has 4 aromatic carbocycles. The maximum absolute atomic E-state index is 13.8. The minimum atomic E-state index is -3.63. The third-order valence-electron chi connectivity index (χ3n) is 12.6. The Bertz CT molecular complexity index is 2970. The largest absolute Gasteiger partial charge is 0.453 e. The van der Waals surface area contributed by atoms with Crippen LogP contribution in [0.3, 0.4) is 0 Å². The highest BCUT2D eigenvalue weighted by atomic mass is 32.5. The minimum absolute atomic E-state index is 0.00490. The van der Waals surface area contributed by atoms with Crippen LogP contribution in [0, 0.1) is 0 Å². The number of imidazole rings is 1. The number of aliphatic hydroxyl groups excluding tert-OH is 1. The van der Waals surface area contributed by atoms with E-state index < -0.39 is 6.72 Å². The molecule has 450 valence electrons. The van der Waals surface area contributed by atoms with Crippen molar-refractivity contribution in [1.29, 1.82) is 0 Å². The number of H-pyrrole nitrogens is 1. The maximum Gasteiger partial charge on any atom is 0.321 e. The molecule has 82 heavy (non-hydrogen) atoms. The van der Waals surface area contributed by atoms with Gasteiger partial charge in [-0.25, -0.2) is 10.8 Å². The molecule has 1 aliphatic heterocycles. The summed E-state index contributed by atoms with van der Waals surface area (Å²) in [4.78, 5) is 68.8. The molecular formula is C59H85N8O13PS. The number of nitrogens with two attached hydrogens (primary N) is 2. The summed E-state index contributed by atoms with van der Waals surface area (Å²) in [6, 6.07) is 28.0. The summed E-state index contributed by atoms with van der Waals surface area (Å²) in [5.41, 5.74) is 14.4. The molecule has 7 rings (SSSR count). The van der Waals surface area contributed by atoms with Gasteiger partial charge in [0.25, 0.3) is 0 Å². The normalized spacial score (nSPS) is 12.8. The van der Waals surface area contributed by atoms with Crippen LogP contribution < -0.4 is 32.1 Å². The van der Waals surface area contributed by atoms with Gasteiger partial charge in [-0.15, -0.1) is 0 Å². The summed E-state index contributed by atoms with van der Waals surface area (Å²) < 4.78 is 39.6. The number of carbonyl (C=O) groups excluding carboxylic acids is 2. The highest BCUT2D eigenvalue weighted by Gasteiger charge is 2.28. The molecule has 0 atom stereocenters. The van der Waals surface area contributed by atoms with Crippen LogP contribution in [-0.4, -0.2) is 148 Å². The second-order valence-corrected chi connectivity index (χ2v) is 20.6. The number of ether oxygens (including phenoxy) is 5. The average Bonchev–Trinajstić information content (AvgIpc) is 4.16. The number of likely N-dealkylation sites (N-methyl/N-ethyl adjacent to an activating group) is 1. The Hall–Kier alpha value is -6.11. The van der Waals surface area contributed by atoms with Gasteiger partial charge < -0.3 is 78.4 Å². The number of amides is 2. The Labute approximate surface area is 486 Å². The van der Waals surface area contributed by atoms with Gasteiger partial charge in [-0.05, 0) is 72.7 Å². The predicted molar refractivity (Wildman–Crippen MR) is 327 cm³/mol. The van der Waals surface area contributed by atoms with Crippen LogP contribution in [-0.2, 0) is 56.1 Å². The third kappa shape index (κ3) is 21.9. The first-order valence-corrected chi connectivity index (χ1v) is 30.5. The van der Waals surface area contributed by atoms with Gasteiger partial charge in [0.1, 0.15) is 11.3 Å². The summed E-state index contributed by atoms with van der Waals surface area (Å²) in [6.07, 6.45) is 4.60. The van der Waals surface area contributed by atoms with Crippen LogP contribution in [0.2, 0.25) is 0 Å². The fourth-order valence-corrected chi connectivity index (χ4v) is 9.14. The number of hydrogen-bond acceptors (Lipinski definition) is 17. The molecule has 3 heterocycles. The molecule has 0 aliphatic carbocycles. The van der Waals surface area contributed by atoms with Gasteiger partial charge in [0, 0.05) is 68.5 Å². The molecule has 21 nitrogen and oxygen atoms in total. The molecule has 0 radical (unpaired) electrons. The van der Waals surface area contributed by atoms with E-state index in [0.717, 1.165) is 54.3 Å². The van der Waals surface area contributed by atoms with E-state index >= 15 is 0 Å². The lowest BCUT2D eigenvalue weighted by atomic mass is 9.95. The van der Waals surface area contributed by atoms with Crippen molar-refractivity contribution in [2.45, 2.75) is 72.8 Å². The van der Waals surface area contributed by atoms with E-state index in [1.807, 2.05) is 114 Å². The summed E-state index contributed by atoms with van der Waals surface area (Å²) in [5, 5.41) is 12.0. The number of hydrogen-bond donors (Lipinski definition) is 7. The smallest absolute Gasteiger partial charge is 0.321 e. The van der Waals surface area contributed by atoms with Crippen molar-refractivity contribution in [3.05, 3.63) is 124 Å². The van der Waals surface area contributed by atoms with E-state index in [-0.39, 0.29) is 43.2 Å². The van der Waals surface area contributed by atoms with Crippen LogP contribution in [0.4, 0.5) is 11.4 Å². The van der Waals surface area contributed by atoms with Crippen molar-refractivity contribution in [2.24, 2.45) is 11.6 Å². The van der Waals surface area contributed by atoms with Crippen molar-refractivity contribution in [2.75, 3.05) is 116 Å². The van der Waals surface area contributed by atoms with E-state index in [2.05, 4.69) is 32.0 Å². The standard InChI is InChI=1S/C54H69N8O12PS.2C2H6.CH4O/c1-60(41-16-14-39(15-17-41)48-36-47(63)44-18-19-45-52(54(44)74-48)59-38-58-45)23-26-68-28-30-70-32-34-72-35-33-71-31-29-69-27-24-62(56)53-42-11-5-4-10-40(42)37-61(46-13-7-6-12-43(46)51(53)55)50(65)21-20-49(64)57-22-8-2-3-9-25-73-75(66,67)76;3*1-2/h4-7,10-19,36,38H,2-3,8-9,20-35,37,55-56H2,1H3,(H,57,64)(H,58,59)(H2,66,67,76);2*1-2H3;2H,1H3/b53-51-;;;. The van der Waals surface area contributed by atoms with Crippen molar-refractivity contribution in [3.63, 3.8) is 0 Å². The Kier molecular flexibility index (Phi) is 31.6. The maximum atomic E-state index is 13.8. The molecule has 0 unspecified atom stereocenters. The third-order valence-corrected chi connectivity index (χ3v) is 13.4. The average molecular weight is 1180 g/mol. The minimum Gasteiger partial charge on any atom is -0.453 e. The van der Waals surface area contributed by atoms with Crippen molar-refractivity contribution < 1.29 is 57.1 Å². The van der Waals surface area contributed by atoms with E-state index in [1.165, 1.54) is 6.07 Å². The summed E-state index contributed by atoms with van der Waals surface area (Å²) >= 11 is 4.45. The number of hydrazine groups is 1. The Balaban J connectivity index is 0.00000233. The molecule has 6 aromatic rings. The molecule has 0 spiro atoms. The number of benzene rings is 4. The molecule has 1 aliphatic rings. The topological polar surface area (TPSA) is 283 Å². The Morgan fingerprint density at radius 3 is 1.99 bits per heavy atom. The lowest BCUT2D eigenvalue weighted by molar-refractivity contribution is -0.125. The number of carbonyl (C=O) groups is 2. The van der Waals surface area contributed by atoms with Gasteiger partial charge in [-0.3, -0.25) is 14.4 Å². The van der Waals surface area contributed by atoms with Gasteiger partial charge in [-0.1, -0.05) is 83.0 Å². The van der Waals surface area contributed by atoms with Crippen LogP contribution in [0.25, 0.3) is 44.7 Å². The Morgan fingerprint density at radius 1 is 0.756 bits per heavy atom. The highest BCUT2D eigenvalue weighted by Crippen LogP contribution is 2.38. The van der Waals surface area contributed by atoms with Gasteiger partial charge in [-0.2, -0.15) is 0 Å². The van der Waals surface area contributed by atoms with Gasteiger partial charge in [0.2, 0.25) is 11.8 Å². The van der Waals surface area contributed by atoms with Crippen molar-refractivity contribution >= 4 is 75.1 Å². The lowest BCUT2D eigenvalue weighted by Gasteiger charge is -2.33. The molecule has 0 saturated heterocycles. The number of nitrogens with one attached hydrogen (secondary N) is 2. The first-order chi connectivity index (χ1) is 39.9. The SMILES string of the molecule is CC.CC.CN(CCOCCOCCOCCOCCOCCN(N)/C1=C(\N)c2ccccc2N(C(=O)CCC(=O)NCCCCCCOP(O)(O)=S)Cc2ccccc21)c1ccc(-c2cc(=O)c3ccc4[nH]cnc4c3o2)cc1.CO. The van der Waals surface area contributed by atoms with Crippen molar-refractivity contribution in [3.8, 4) is 11.3 Å². The second kappa shape index (κ2) is 37.9. The molecule has 23 heteroatoms. The van der Waals surface area contributed by atoms with Crippen LogP contribution in [0.1, 0.15) is 82.9 Å². The van der Waals surface area contributed by atoms with Gasteiger partial charge >= 0.3 is 6.72 Å². The van der Waals surface area contributed by atoms with E-state index in [9.17, 15) is 14.4 Å². The molecule has 0 bridgehead atoms. The highest BCUT2D eigenvalue weighted by molar-refractivity contribution is 8.06. The van der Waals surface area contributed by atoms with Crippen LogP contribution >= 0.6 is 6.72 Å². The summed E-state index contributed by atoms with van der Waals surface area (Å²) in [5.74, 6) is 6.78. The van der Waals surface area contributed by atoms with E-state index in [4.69, 9.17) is 59.1 Å². The number of aromatic amines is 1. The number of aromatic nitrogens is 2. The quantitative estimate of drug-likeness (QED) is 0.00921. The van der Waals surface area contributed by atoms with E-state index in [1.54, 1.807) is 22.3 Å². The van der Waals surface area contributed by atoms with Crippen LogP contribution in [0.5, 0.6) is 0 Å². The number of rotatable bonds is 32. The number of para-hydroxylation sites is 1. The number of fused-ring (bicyclic) bond motifs is 5. The Morgan fingerprint density at radius 2 is 1.34 bits per heavy atom. The first kappa shape index (κ1) is 68.4. The monoisotopic (exact) mass is 1180 g/mol. The number of aliphatic hydroxyl groups is 1. The zero-order valence-corrected chi connectivity index (χ0v) is 50.0. The number of nitrogens with zero attached hydrogens (tertiary/aromatic N) is 4. The molecule has 2 amide bonds. The summed E-state index contributed by atoms with van der Waals surface area (Å²) in [7, 11) is 2.99. The fourth-order valence-electron chi connectivity index (χ4n) is 8.55. The molecule has 0 saturated carbocycles. The number of anilines is 2. The van der Waals surface area contributed by atoms with E-state index in [0.29, 0.717) is 137 Å². The van der Waals surface area contributed by atoms with Gasteiger partial charge in [0.05, 0.1) is 120 Å². The summed E-state index contributed by atoms with van der Waals surface area (Å²) in [6.45, 7) is 10.4. The first-order valence-electron chi connectivity index (χ1n) is 27.9. The van der Waals surface area contributed by atoms with Gasteiger partial charge in [0.15, 0.2) is 11.0 Å². The fraction of sp³-hybridized carbons (Fsp3) is 0.458. The molecule has 0 fully saturated rings. The zero-order valence-electron chi connectivity index (χ0n) is 48.3. The molecule has 9 N–H and O–H groups in total.